The molecule has 0 spiro atoms. The number of hydrogen-bond acceptors (Lipinski definition) is 2. The van der Waals surface area contributed by atoms with Gasteiger partial charge < -0.3 is 10.5 Å². The molecule has 20 heavy (non-hydrogen) atoms. The molecule has 0 bridgehead atoms. The van der Waals surface area contributed by atoms with Crippen molar-refractivity contribution in [2.75, 3.05) is 13.7 Å². The number of methoxy groups -OCH3 is 1. The molecule has 3 heteroatoms. The first kappa shape index (κ1) is 14.7. The number of halogens is 1. The Labute approximate surface area is 119 Å². The Kier molecular flexibility index (Phi) is 4.88. The molecule has 2 N–H and O–H groups in total. The molecule has 0 amide bonds. The standard InChI is InChI=1S/C17H20FNO/c1-12(19)16-8-7-15(18)11-17(16)14-5-3-13(4-6-14)9-10-20-2/h3-8,11-12H,9-10,19H2,1-2H3. The zero-order valence-corrected chi connectivity index (χ0v) is 11.9. The summed E-state index contributed by atoms with van der Waals surface area (Å²) in [5, 5.41) is 0. The second-order valence-corrected chi connectivity index (χ2v) is 4.96. The van der Waals surface area contributed by atoms with Gasteiger partial charge >= 0.3 is 0 Å². The normalized spacial score (nSPS) is 12.4. The van der Waals surface area contributed by atoms with Crippen molar-refractivity contribution >= 4 is 0 Å². The zero-order chi connectivity index (χ0) is 14.5. The molecule has 0 fully saturated rings. The van der Waals surface area contributed by atoms with Crippen LogP contribution in [0.25, 0.3) is 11.1 Å². The molecular formula is C17H20FNO. The predicted octanol–water partition coefficient (Wildman–Crippen LogP) is 3.70. The van der Waals surface area contributed by atoms with Gasteiger partial charge in [0.05, 0.1) is 6.61 Å². The van der Waals surface area contributed by atoms with E-state index >= 15 is 0 Å². The molecule has 0 saturated heterocycles. The second kappa shape index (κ2) is 6.64. The highest BCUT2D eigenvalue weighted by molar-refractivity contribution is 5.68. The lowest BCUT2D eigenvalue weighted by Crippen LogP contribution is -2.07. The molecule has 0 aliphatic rings. The third-order valence-corrected chi connectivity index (χ3v) is 3.37. The first-order chi connectivity index (χ1) is 9.61. The van der Waals surface area contributed by atoms with E-state index in [0.717, 1.165) is 23.1 Å². The summed E-state index contributed by atoms with van der Waals surface area (Å²) < 4.78 is 18.5. The third kappa shape index (κ3) is 3.44. The van der Waals surface area contributed by atoms with Crippen LogP contribution >= 0.6 is 0 Å². The Morgan fingerprint density at radius 2 is 1.85 bits per heavy atom. The van der Waals surface area contributed by atoms with Crippen molar-refractivity contribution in [3.8, 4) is 11.1 Å². The van der Waals surface area contributed by atoms with E-state index in [0.29, 0.717) is 6.61 Å². The molecule has 2 rings (SSSR count). The summed E-state index contributed by atoms with van der Waals surface area (Å²) in [5.41, 5.74) is 9.96. The van der Waals surface area contributed by atoms with Crippen LogP contribution in [0.1, 0.15) is 24.1 Å². The van der Waals surface area contributed by atoms with Crippen LogP contribution in [0.15, 0.2) is 42.5 Å². The lowest BCUT2D eigenvalue weighted by molar-refractivity contribution is 0.202. The summed E-state index contributed by atoms with van der Waals surface area (Å²) in [7, 11) is 1.69. The van der Waals surface area contributed by atoms with Gasteiger partial charge in [0.2, 0.25) is 0 Å². The maximum absolute atomic E-state index is 13.5. The van der Waals surface area contributed by atoms with Gasteiger partial charge in [0.25, 0.3) is 0 Å². The van der Waals surface area contributed by atoms with E-state index in [1.165, 1.54) is 11.6 Å². The topological polar surface area (TPSA) is 35.2 Å². The minimum Gasteiger partial charge on any atom is -0.384 e. The fourth-order valence-corrected chi connectivity index (χ4v) is 2.25. The first-order valence-electron chi connectivity index (χ1n) is 6.75. The van der Waals surface area contributed by atoms with Gasteiger partial charge in [-0.1, -0.05) is 30.3 Å². The predicted molar refractivity (Wildman–Crippen MR) is 80.0 cm³/mol. The van der Waals surface area contributed by atoms with Gasteiger partial charge in [-0.05, 0) is 47.7 Å². The number of hydrogen-bond donors (Lipinski definition) is 1. The minimum atomic E-state index is -0.243. The van der Waals surface area contributed by atoms with Crippen molar-refractivity contribution in [1.29, 1.82) is 0 Å². The molecule has 0 radical (unpaired) electrons. The quantitative estimate of drug-likeness (QED) is 0.901. The van der Waals surface area contributed by atoms with Gasteiger partial charge in [-0.25, -0.2) is 4.39 Å². The molecule has 0 aromatic heterocycles. The highest BCUT2D eigenvalue weighted by Crippen LogP contribution is 2.28. The molecule has 0 saturated carbocycles. The van der Waals surface area contributed by atoms with Gasteiger partial charge in [-0.15, -0.1) is 0 Å². The van der Waals surface area contributed by atoms with E-state index in [9.17, 15) is 4.39 Å². The van der Waals surface area contributed by atoms with Crippen molar-refractivity contribution in [1.82, 2.24) is 0 Å². The average molecular weight is 273 g/mol. The summed E-state index contributed by atoms with van der Waals surface area (Å²) in [5.74, 6) is -0.243. The molecular weight excluding hydrogens is 253 g/mol. The van der Waals surface area contributed by atoms with Crippen LogP contribution in [0.5, 0.6) is 0 Å². The Morgan fingerprint density at radius 3 is 2.45 bits per heavy atom. The molecule has 0 heterocycles. The van der Waals surface area contributed by atoms with Crippen LogP contribution in [0.4, 0.5) is 4.39 Å². The van der Waals surface area contributed by atoms with Crippen LogP contribution in [0.2, 0.25) is 0 Å². The Bertz CT molecular complexity index is 564. The summed E-state index contributed by atoms with van der Waals surface area (Å²) in [6.07, 6.45) is 0.875. The minimum absolute atomic E-state index is 0.126. The lowest BCUT2D eigenvalue weighted by Gasteiger charge is -2.13. The highest BCUT2D eigenvalue weighted by atomic mass is 19.1. The van der Waals surface area contributed by atoms with Crippen LogP contribution in [0.3, 0.4) is 0 Å². The molecule has 0 aliphatic heterocycles. The largest absolute Gasteiger partial charge is 0.384 e. The van der Waals surface area contributed by atoms with Gasteiger partial charge in [-0.3, -0.25) is 0 Å². The Hall–Kier alpha value is -1.71. The van der Waals surface area contributed by atoms with Crippen molar-refractivity contribution in [3.63, 3.8) is 0 Å². The number of benzene rings is 2. The zero-order valence-electron chi connectivity index (χ0n) is 11.9. The summed E-state index contributed by atoms with van der Waals surface area (Å²) >= 11 is 0. The monoisotopic (exact) mass is 273 g/mol. The van der Waals surface area contributed by atoms with E-state index in [-0.39, 0.29) is 11.9 Å². The number of ether oxygens (including phenoxy) is 1. The fraction of sp³-hybridized carbons (Fsp3) is 0.294. The van der Waals surface area contributed by atoms with Crippen LogP contribution in [0, 0.1) is 5.82 Å². The Morgan fingerprint density at radius 1 is 1.15 bits per heavy atom. The SMILES string of the molecule is COCCc1ccc(-c2cc(F)ccc2C(C)N)cc1. The van der Waals surface area contributed by atoms with Crippen molar-refractivity contribution in [2.45, 2.75) is 19.4 Å². The summed E-state index contributed by atoms with van der Waals surface area (Å²) in [6.45, 7) is 2.61. The van der Waals surface area contributed by atoms with Crippen molar-refractivity contribution in [2.24, 2.45) is 5.73 Å². The second-order valence-electron chi connectivity index (χ2n) is 4.96. The van der Waals surface area contributed by atoms with E-state index in [1.54, 1.807) is 19.2 Å². The molecule has 0 aliphatic carbocycles. The molecule has 2 aromatic rings. The number of nitrogens with two attached hydrogens (primary N) is 1. The van der Waals surface area contributed by atoms with Crippen molar-refractivity contribution < 1.29 is 9.13 Å². The number of rotatable bonds is 5. The van der Waals surface area contributed by atoms with Crippen molar-refractivity contribution in [3.05, 3.63) is 59.4 Å². The molecule has 2 nitrogen and oxygen atoms in total. The first-order valence-corrected chi connectivity index (χ1v) is 6.75. The molecule has 1 unspecified atom stereocenters. The van der Waals surface area contributed by atoms with E-state index in [1.807, 2.05) is 31.2 Å². The van der Waals surface area contributed by atoms with Gasteiger partial charge in [0.1, 0.15) is 5.82 Å². The fourth-order valence-electron chi connectivity index (χ4n) is 2.25. The third-order valence-electron chi connectivity index (χ3n) is 3.37. The van der Waals surface area contributed by atoms with Gasteiger partial charge in [-0.2, -0.15) is 0 Å². The smallest absolute Gasteiger partial charge is 0.123 e. The maximum atomic E-state index is 13.5. The van der Waals surface area contributed by atoms with Gasteiger partial charge in [0.15, 0.2) is 0 Å². The summed E-state index contributed by atoms with van der Waals surface area (Å²) in [4.78, 5) is 0. The molecule has 106 valence electrons. The lowest BCUT2D eigenvalue weighted by atomic mass is 9.95. The van der Waals surface area contributed by atoms with Crippen LogP contribution in [-0.2, 0) is 11.2 Å². The summed E-state index contributed by atoms with van der Waals surface area (Å²) in [6, 6.07) is 12.7. The Balaban J connectivity index is 2.33. The maximum Gasteiger partial charge on any atom is 0.123 e. The molecule has 2 aromatic carbocycles. The highest BCUT2D eigenvalue weighted by Gasteiger charge is 2.10. The average Bonchev–Trinajstić information content (AvgIpc) is 2.45. The molecule has 1 atom stereocenters. The van der Waals surface area contributed by atoms with Gasteiger partial charge in [0, 0.05) is 13.2 Å². The van der Waals surface area contributed by atoms with E-state index in [2.05, 4.69) is 0 Å². The van der Waals surface area contributed by atoms with E-state index in [4.69, 9.17) is 10.5 Å². The van der Waals surface area contributed by atoms with Crippen LogP contribution in [-0.4, -0.2) is 13.7 Å². The van der Waals surface area contributed by atoms with E-state index < -0.39 is 0 Å². The van der Waals surface area contributed by atoms with Crippen LogP contribution < -0.4 is 5.73 Å².